The number of ether oxygens (including phenoxy) is 1. The van der Waals surface area contributed by atoms with Crippen molar-refractivity contribution in [3.8, 4) is 0 Å². The van der Waals surface area contributed by atoms with E-state index in [1.54, 1.807) is 37.4 Å². The summed E-state index contributed by atoms with van der Waals surface area (Å²) >= 11 is 0. The van der Waals surface area contributed by atoms with Crippen molar-refractivity contribution in [1.29, 1.82) is 0 Å². The predicted octanol–water partition coefficient (Wildman–Crippen LogP) is 5.36. The molecular weight excluding hydrogens is 409 g/mol. The van der Waals surface area contributed by atoms with Crippen LogP contribution in [0.15, 0.2) is 72.8 Å². The smallest absolute Gasteiger partial charge is 0.380 e. The van der Waals surface area contributed by atoms with Crippen LogP contribution in [0, 0.1) is 0 Å². The van der Waals surface area contributed by atoms with E-state index in [1.165, 1.54) is 24.3 Å². The van der Waals surface area contributed by atoms with Gasteiger partial charge < -0.3 is 15.4 Å². The molecule has 0 atom stereocenters. The van der Waals surface area contributed by atoms with E-state index in [0.29, 0.717) is 17.9 Å². The molecular formula is C23H19F3N2O3. The Bertz CT molecular complexity index is 1100. The minimum absolute atomic E-state index is 0.0178. The highest BCUT2D eigenvalue weighted by atomic mass is 19.4. The van der Waals surface area contributed by atoms with E-state index in [4.69, 9.17) is 4.74 Å². The minimum Gasteiger partial charge on any atom is -0.380 e. The summed E-state index contributed by atoms with van der Waals surface area (Å²) in [6.07, 6.45) is -4.51. The topological polar surface area (TPSA) is 67.4 Å². The van der Waals surface area contributed by atoms with Crippen molar-refractivity contribution < 1.29 is 27.5 Å². The maximum atomic E-state index is 12.9. The van der Waals surface area contributed by atoms with Crippen molar-refractivity contribution in [1.82, 2.24) is 0 Å². The van der Waals surface area contributed by atoms with Crippen LogP contribution in [0.3, 0.4) is 0 Å². The zero-order chi connectivity index (χ0) is 22.4. The zero-order valence-electron chi connectivity index (χ0n) is 16.5. The first kappa shape index (κ1) is 22.0. The number of methoxy groups -OCH3 is 1. The molecule has 0 aliphatic rings. The lowest BCUT2D eigenvalue weighted by atomic mass is 10.1. The number of amides is 2. The van der Waals surface area contributed by atoms with Crippen LogP contribution < -0.4 is 10.6 Å². The number of carbonyl (C=O) groups excluding carboxylic acids is 2. The first-order valence-electron chi connectivity index (χ1n) is 9.24. The van der Waals surface area contributed by atoms with Gasteiger partial charge in [-0.05, 0) is 54.1 Å². The van der Waals surface area contributed by atoms with Crippen molar-refractivity contribution in [2.45, 2.75) is 12.8 Å². The third-order valence-electron chi connectivity index (χ3n) is 4.33. The van der Waals surface area contributed by atoms with Crippen LogP contribution >= 0.6 is 0 Å². The second-order valence-corrected chi connectivity index (χ2v) is 6.70. The second kappa shape index (κ2) is 9.44. The van der Waals surface area contributed by atoms with Crippen LogP contribution in [0.5, 0.6) is 0 Å². The van der Waals surface area contributed by atoms with Crippen molar-refractivity contribution in [3.63, 3.8) is 0 Å². The third kappa shape index (κ3) is 5.93. The highest BCUT2D eigenvalue weighted by molar-refractivity contribution is 6.07. The number of hydrogen-bond acceptors (Lipinski definition) is 3. The maximum absolute atomic E-state index is 12.9. The molecule has 0 fully saturated rings. The Labute approximate surface area is 176 Å². The lowest BCUT2D eigenvalue weighted by Gasteiger charge is -2.11. The van der Waals surface area contributed by atoms with Gasteiger partial charge in [0.15, 0.2) is 0 Å². The van der Waals surface area contributed by atoms with Crippen LogP contribution in [0.1, 0.15) is 31.8 Å². The van der Waals surface area contributed by atoms with Crippen molar-refractivity contribution in [2.24, 2.45) is 0 Å². The van der Waals surface area contributed by atoms with Gasteiger partial charge in [0.05, 0.1) is 12.2 Å². The number of hydrogen-bond donors (Lipinski definition) is 2. The van der Waals surface area contributed by atoms with E-state index < -0.39 is 17.6 Å². The number of alkyl halides is 3. The molecule has 31 heavy (non-hydrogen) atoms. The predicted molar refractivity (Wildman–Crippen MR) is 111 cm³/mol. The fraction of sp³-hybridized carbons (Fsp3) is 0.130. The number of benzene rings is 3. The summed E-state index contributed by atoms with van der Waals surface area (Å²) in [5, 5.41) is 5.15. The standard InChI is InChI=1S/C23H19F3N2O3/c1-31-14-15-5-2-6-16(11-15)21(29)27-19-9-3-7-17(12-19)22(30)28-20-10-4-8-18(13-20)23(24,25)26/h2-13H,14H2,1H3,(H,27,29)(H,28,30). The van der Waals surface area contributed by atoms with Gasteiger partial charge >= 0.3 is 6.18 Å². The highest BCUT2D eigenvalue weighted by Gasteiger charge is 2.30. The molecule has 3 aromatic rings. The molecule has 160 valence electrons. The number of rotatable bonds is 6. The summed E-state index contributed by atoms with van der Waals surface area (Å²) in [6.45, 7) is 0.367. The molecule has 5 nitrogen and oxygen atoms in total. The average Bonchev–Trinajstić information content (AvgIpc) is 2.74. The minimum atomic E-state index is -4.51. The number of nitrogens with one attached hydrogen (secondary N) is 2. The summed E-state index contributed by atoms with van der Waals surface area (Å²) in [5.74, 6) is -0.967. The van der Waals surface area contributed by atoms with Crippen LogP contribution in [-0.2, 0) is 17.5 Å². The largest absolute Gasteiger partial charge is 0.416 e. The molecule has 3 rings (SSSR count). The summed E-state index contributed by atoms with van der Waals surface area (Å²) in [6, 6.07) is 17.4. The molecule has 0 spiro atoms. The van der Waals surface area contributed by atoms with Gasteiger partial charge in [0.1, 0.15) is 0 Å². The van der Waals surface area contributed by atoms with E-state index in [1.807, 2.05) is 6.07 Å². The monoisotopic (exact) mass is 428 g/mol. The summed E-state index contributed by atoms with van der Waals surface area (Å²) in [5.41, 5.74) is 0.978. The Kier molecular flexibility index (Phi) is 6.71. The molecule has 2 amide bonds. The Morgan fingerprint density at radius 2 is 1.35 bits per heavy atom. The Morgan fingerprint density at radius 1 is 0.806 bits per heavy atom. The molecule has 0 saturated carbocycles. The fourth-order valence-corrected chi connectivity index (χ4v) is 2.89. The second-order valence-electron chi connectivity index (χ2n) is 6.70. The van der Waals surface area contributed by atoms with Gasteiger partial charge in [0.25, 0.3) is 11.8 Å². The van der Waals surface area contributed by atoms with Crippen LogP contribution in [0.25, 0.3) is 0 Å². The number of anilines is 2. The summed E-state index contributed by atoms with van der Waals surface area (Å²) in [7, 11) is 1.56. The number of halogens is 3. The number of carbonyl (C=O) groups is 2. The Hall–Kier alpha value is -3.65. The lowest BCUT2D eigenvalue weighted by molar-refractivity contribution is -0.137. The van der Waals surface area contributed by atoms with Crippen LogP contribution in [0.2, 0.25) is 0 Å². The van der Waals surface area contributed by atoms with Gasteiger partial charge in [-0.1, -0.05) is 24.3 Å². The molecule has 0 aliphatic heterocycles. The van der Waals surface area contributed by atoms with Crippen LogP contribution in [0.4, 0.5) is 24.5 Å². The lowest BCUT2D eigenvalue weighted by Crippen LogP contribution is -2.15. The maximum Gasteiger partial charge on any atom is 0.416 e. The van der Waals surface area contributed by atoms with E-state index in [-0.39, 0.29) is 17.2 Å². The molecule has 8 heteroatoms. The quantitative estimate of drug-likeness (QED) is 0.556. The van der Waals surface area contributed by atoms with Crippen molar-refractivity contribution in [2.75, 3.05) is 17.7 Å². The zero-order valence-corrected chi connectivity index (χ0v) is 16.5. The van der Waals surface area contributed by atoms with Gasteiger partial charge in [0.2, 0.25) is 0 Å². The van der Waals surface area contributed by atoms with Gasteiger partial charge in [-0.2, -0.15) is 13.2 Å². The first-order valence-corrected chi connectivity index (χ1v) is 9.24. The molecule has 0 heterocycles. The van der Waals surface area contributed by atoms with Crippen molar-refractivity contribution >= 4 is 23.2 Å². The van der Waals surface area contributed by atoms with E-state index >= 15 is 0 Å². The molecule has 0 aliphatic carbocycles. The molecule has 0 saturated heterocycles. The van der Waals surface area contributed by atoms with E-state index in [2.05, 4.69) is 10.6 Å². The van der Waals surface area contributed by atoms with Gasteiger partial charge in [-0.3, -0.25) is 9.59 Å². The Balaban J connectivity index is 1.72. The van der Waals surface area contributed by atoms with Gasteiger partial charge in [-0.25, -0.2) is 0 Å². The van der Waals surface area contributed by atoms with Gasteiger partial charge in [-0.15, -0.1) is 0 Å². The Morgan fingerprint density at radius 3 is 1.97 bits per heavy atom. The van der Waals surface area contributed by atoms with E-state index in [0.717, 1.165) is 17.7 Å². The average molecular weight is 428 g/mol. The van der Waals surface area contributed by atoms with E-state index in [9.17, 15) is 22.8 Å². The molecule has 3 aromatic carbocycles. The summed E-state index contributed by atoms with van der Waals surface area (Å²) < 4.78 is 43.6. The van der Waals surface area contributed by atoms with Crippen LogP contribution in [-0.4, -0.2) is 18.9 Å². The van der Waals surface area contributed by atoms with Gasteiger partial charge in [0, 0.05) is 29.6 Å². The summed E-state index contributed by atoms with van der Waals surface area (Å²) in [4.78, 5) is 25.0. The molecule has 0 bridgehead atoms. The first-order chi connectivity index (χ1) is 14.8. The van der Waals surface area contributed by atoms with Crippen molar-refractivity contribution in [3.05, 3.63) is 95.1 Å². The SMILES string of the molecule is COCc1cccc(C(=O)Nc2cccc(C(=O)Nc3cccc(C(F)(F)F)c3)c2)c1. The molecule has 0 unspecified atom stereocenters. The molecule has 2 N–H and O–H groups in total. The normalized spacial score (nSPS) is 11.1. The fourth-order valence-electron chi connectivity index (χ4n) is 2.89. The molecule has 0 aromatic heterocycles. The molecule has 0 radical (unpaired) electrons. The third-order valence-corrected chi connectivity index (χ3v) is 4.33. The highest BCUT2D eigenvalue weighted by Crippen LogP contribution is 2.30.